The largest absolute Gasteiger partial charge is 0.390 e. The molecule has 1 aromatic rings. The molecule has 1 aromatic carbocycles. The highest BCUT2D eigenvalue weighted by atomic mass is 127. The van der Waals surface area contributed by atoms with Crippen molar-refractivity contribution in [3.63, 3.8) is 0 Å². The first-order chi connectivity index (χ1) is 8.48. The van der Waals surface area contributed by atoms with Gasteiger partial charge in [-0.1, -0.05) is 0 Å². The van der Waals surface area contributed by atoms with Crippen molar-refractivity contribution in [3.05, 3.63) is 33.4 Å². The molecular formula is C14H18INO2. The lowest BCUT2D eigenvalue weighted by atomic mass is 9.98. The fraction of sp³-hybridized carbons (Fsp3) is 0.500. The quantitative estimate of drug-likeness (QED) is 0.784. The van der Waals surface area contributed by atoms with Crippen molar-refractivity contribution < 1.29 is 9.90 Å². The lowest BCUT2D eigenvalue weighted by molar-refractivity contribution is 0.0438. The average Bonchev–Trinajstić information content (AvgIpc) is 2.50. The fourth-order valence-corrected chi connectivity index (χ4v) is 2.60. The molecule has 1 N–H and O–H groups in total. The van der Waals surface area contributed by atoms with Gasteiger partial charge in [0.25, 0.3) is 5.91 Å². The second-order valence-electron chi connectivity index (χ2n) is 5.15. The van der Waals surface area contributed by atoms with Crippen LogP contribution in [0.15, 0.2) is 24.3 Å². The molecule has 1 amide bonds. The van der Waals surface area contributed by atoms with Crippen molar-refractivity contribution in [2.75, 3.05) is 13.1 Å². The summed E-state index contributed by atoms with van der Waals surface area (Å²) >= 11 is 2.23. The number of nitrogens with zero attached hydrogens (tertiary/aromatic N) is 1. The molecule has 0 bridgehead atoms. The van der Waals surface area contributed by atoms with Gasteiger partial charge in [-0.05, 0) is 73.0 Å². The molecule has 1 aliphatic heterocycles. The minimum absolute atomic E-state index is 0.0732. The minimum Gasteiger partial charge on any atom is -0.390 e. The Balaban J connectivity index is 2.07. The summed E-state index contributed by atoms with van der Waals surface area (Å²) in [6, 6.07) is 7.63. The van der Waals surface area contributed by atoms with Crippen LogP contribution in [-0.2, 0) is 0 Å². The number of rotatable bonds is 1. The van der Waals surface area contributed by atoms with Crippen molar-refractivity contribution in [2.24, 2.45) is 0 Å². The van der Waals surface area contributed by atoms with Gasteiger partial charge < -0.3 is 10.0 Å². The maximum absolute atomic E-state index is 12.3. The van der Waals surface area contributed by atoms with Gasteiger partial charge in [0.1, 0.15) is 0 Å². The van der Waals surface area contributed by atoms with Crippen LogP contribution in [0.2, 0.25) is 0 Å². The fourth-order valence-electron chi connectivity index (χ4n) is 2.24. The summed E-state index contributed by atoms with van der Waals surface area (Å²) in [5.41, 5.74) is 0.109. The SMILES string of the molecule is CC1(O)CCCN(C(=O)c2ccc(I)cc2)CC1. The zero-order chi connectivity index (χ0) is 13.2. The predicted molar refractivity (Wildman–Crippen MR) is 79.5 cm³/mol. The zero-order valence-electron chi connectivity index (χ0n) is 10.5. The van der Waals surface area contributed by atoms with Gasteiger partial charge >= 0.3 is 0 Å². The van der Waals surface area contributed by atoms with E-state index in [1.54, 1.807) is 0 Å². The number of carbonyl (C=O) groups is 1. The van der Waals surface area contributed by atoms with Crippen molar-refractivity contribution in [1.29, 1.82) is 0 Å². The maximum atomic E-state index is 12.3. The average molecular weight is 359 g/mol. The minimum atomic E-state index is -0.624. The monoisotopic (exact) mass is 359 g/mol. The second-order valence-corrected chi connectivity index (χ2v) is 6.40. The maximum Gasteiger partial charge on any atom is 0.253 e. The van der Waals surface area contributed by atoms with Crippen LogP contribution in [0.1, 0.15) is 36.5 Å². The van der Waals surface area contributed by atoms with Crippen LogP contribution < -0.4 is 0 Å². The normalized spacial score (nSPS) is 24.7. The van der Waals surface area contributed by atoms with E-state index < -0.39 is 5.60 Å². The molecule has 4 heteroatoms. The molecule has 0 aromatic heterocycles. The third kappa shape index (κ3) is 3.45. The van der Waals surface area contributed by atoms with E-state index in [-0.39, 0.29) is 5.91 Å². The Morgan fingerprint density at radius 3 is 2.61 bits per heavy atom. The molecule has 1 unspecified atom stereocenters. The van der Waals surface area contributed by atoms with Crippen LogP contribution in [0.4, 0.5) is 0 Å². The van der Waals surface area contributed by atoms with Gasteiger partial charge in [-0.2, -0.15) is 0 Å². The highest BCUT2D eigenvalue weighted by Gasteiger charge is 2.27. The van der Waals surface area contributed by atoms with Crippen LogP contribution in [0, 0.1) is 3.57 Å². The van der Waals surface area contributed by atoms with Gasteiger partial charge in [0.15, 0.2) is 0 Å². The molecule has 1 aliphatic rings. The summed E-state index contributed by atoms with van der Waals surface area (Å²) in [5, 5.41) is 10.0. The predicted octanol–water partition coefficient (Wildman–Crippen LogP) is 2.67. The van der Waals surface area contributed by atoms with Crippen LogP contribution >= 0.6 is 22.6 Å². The smallest absolute Gasteiger partial charge is 0.253 e. The number of carbonyl (C=O) groups excluding carboxylic acids is 1. The van der Waals surface area contributed by atoms with Crippen LogP contribution in [0.5, 0.6) is 0 Å². The molecule has 1 atom stereocenters. The van der Waals surface area contributed by atoms with Crippen LogP contribution in [0.25, 0.3) is 0 Å². The van der Waals surface area contributed by atoms with Gasteiger partial charge in [-0.3, -0.25) is 4.79 Å². The van der Waals surface area contributed by atoms with Gasteiger partial charge in [-0.25, -0.2) is 0 Å². The topological polar surface area (TPSA) is 40.5 Å². The second kappa shape index (κ2) is 5.57. The van der Waals surface area contributed by atoms with Crippen molar-refractivity contribution in [2.45, 2.75) is 31.8 Å². The Bertz CT molecular complexity index is 428. The number of halogens is 1. The van der Waals surface area contributed by atoms with E-state index in [0.717, 1.165) is 28.5 Å². The summed E-state index contributed by atoms with van der Waals surface area (Å²) in [4.78, 5) is 14.2. The number of aliphatic hydroxyl groups is 1. The Morgan fingerprint density at radius 1 is 1.28 bits per heavy atom. The number of hydrogen-bond acceptors (Lipinski definition) is 2. The van der Waals surface area contributed by atoms with Crippen LogP contribution in [-0.4, -0.2) is 34.6 Å². The van der Waals surface area contributed by atoms with Crippen molar-refractivity contribution in [3.8, 4) is 0 Å². The first kappa shape index (κ1) is 13.8. The van der Waals surface area contributed by atoms with Crippen LogP contribution in [0.3, 0.4) is 0 Å². The van der Waals surface area contributed by atoms with Gasteiger partial charge in [-0.15, -0.1) is 0 Å². The molecule has 3 nitrogen and oxygen atoms in total. The highest BCUT2D eigenvalue weighted by molar-refractivity contribution is 14.1. The molecule has 2 rings (SSSR count). The molecular weight excluding hydrogens is 341 g/mol. The molecule has 0 radical (unpaired) electrons. The number of benzene rings is 1. The van der Waals surface area contributed by atoms with Gasteiger partial charge in [0, 0.05) is 22.2 Å². The molecule has 1 heterocycles. The lowest BCUT2D eigenvalue weighted by Crippen LogP contribution is -2.33. The highest BCUT2D eigenvalue weighted by Crippen LogP contribution is 2.22. The molecule has 1 fully saturated rings. The van der Waals surface area contributed by atoms with E-state index >= 15 is 0 Å². The summed E-state index contributed by atoms with van der Waals surface area (Å²) in [5.74, 6) is 0.0732. The van der Waals surface area contributed by atoms with E-state index in [4.69, 9.17) is 0 Å². The Labute approximate surface area is 121 Å². The number of hydrogen-bond donors (Lipinski definition) is 1. The number of amides is 1. The first-order valence-corrected chi connectivity index (χ1v) is 7.33. The summed E-state index contributed by atoms with van der Waals surface area (Å²) < 4.78 is 1.13. The summed E-state index contributed by atoms with van der Waals surface area (Å²) in [6.45, 7) is 3.23. The third-order valence-corrected chi connectivity index (χ3v) is 4.16. The van der Waals surface area contributed by atoms with Crippen molar-refractivity contribution >= 4 is 28.5 Å². The zero-order valence-corrected chi connectivity index (χ0v) is 12.7. The van der Waals surface area contributed by atoms with E-state index in [1.165, 1.54) is 0 Å². The van der Waals surface area contributed by atoms with Crippen molar-refractivity contribution in [1.82, 2.24) is 4.90 Å². The van der Waals surface area contributed by atoms with Gasteiger partial charge in [0.05, 0.1) is 5.60 Å². The van der Waals surface area contributed by atoms with E-state index in [2.05, 4.69) is 22.6 Å². The summed E-state index contributed by atoms with van der Waals surface area (Å²) in [7, 11) is 0. The Morgan fingerprint density at radius 2 is 1.94 bits per heavy atom. The first-order valence-electron chi connectivity index (χ1n) is 6.25. The number of likely N-dealkylation sites (tertiary alicyclic amines) is 1. The molecule has 98 valence electrons. The molecule has 0 saturated carbocycles. The molecule has 0 spiro atoms. The van der Waals surface area contributed by atoms with E-state index in [1.807, 2.05) is 36.1 Å². The Kier molecular flexibility index (Phi) is 4.27. The molecule has 1 saturated heterocycles. The third-order valence-electron chi connectivity index (χ3n) is 3.44. The van der Waals surface area contributed by atoms with E-state index in [0.29, 0.717) is 13.0 Å². The Hall–Kier alpha value is -0.620. The standard InChI is InChI=1S/C14H18INO2/c1-14(18)7-2-9-16(10-8-14)13(17)11-3-5-12(15)6-4-11/h3-6,18H,2,7-10H2,1H3. The lowest BCUT2D eigenvalue weighted by Gasteiger charge is -2.22. The summed E-state index contributed by atoms with van der Waals surface area (Å²) in [6.07, 6.45) is 2.29. The van der Waals surface area contributed by atoms with Gasteiger partial charge in [0.2, 0.25) is 0 Å². The molecule has 18 heavy (non-hydrogen) atoms. The molecule has 0 aliphatic carbocycles. The van der Waals surface area contributed by atoms with E-state index in [9.17, 15) is 9.90 Å².